The maximum Gasteiger partial charge on any atom is 0.160 e. The Bertz CT molecular complexity index is 580. The van der Waals surface area contributed by atoms with Crippen LogP contribution in [0.5, 0.6) is 11.5 Å². The summed E-state index contributed by atoms with van der Waals surface area (Å²) in [4.78, 5) is 6.54. The van der Waals surface area contributed by atoms with Crippen molar-refractivity contribution in [1.29, 1.82) is 0 Å². The molecular formula is C15H21N3O2. The highest BCUT2D eigenvalue weighted by Gasteiger charge is 2.15. The van der Waals surface area contributed by atoms with E-state index in [-0.39, 0.29) is 11.8 Å². The highest BCUT2D eigenvalue weighted by molar-refractivity contribution is 5.42. The fourth-order valence-electron chi connectivity index (χ4n) is 2.12. The van der Waals surface area contributed by atoms with Crippen molar-refractivity contribution in [2.45, 2.75) is 19.5 Å². The summed E-state index contributed by atoms with van der Waals surface area (Å²) in [6, 6.07) is 5.65. The summed E-state index contributed by atoms with van der Waals surface area (Å²) in [7, 11) is 5.60. The van der Waals surface area contributed by atoms with E-state index >= 15 is 0 Å². The van der Waals surface area contributed by atoms with Crippen LogP contribution in [0.2, 0.25) is 0 Å². The van der Waals surface area contributed by atoms with Gasteiger partial charge >= 0.3 is 0 Å². The molecule has 0 aliphatic carbocycles. The van der Waals surface area contributed by atoms with Crippen molar-refractivity contribution in [1.82, 2.24) is 14.5 Å². The maximum absolute atomic E-state index is 9.65. The van der Waals surface area contributed by atoms with Crippen LogP contribution in [0.25, 0.3) is 0 Å². The Morgan fingerprint density at radius 2 is 2.20 bits per heavy atom. The molecule has 5 heteroatoms. The van der Waals surface area contributed by atoms with E-state index < -0.39 is 0 Å². The van der Waals surface area contributed by atoms with Crippen molar-refractivity contribution >= 4 is 0 Å². The van der Waals surface area contributed by atoms with Crippen LogP contribution in [0.3, 0.4) is 0 Å². The topological polar surface area (TPSA) is 50.5 Å². The number of phenolic OH excluding ortho intramolecular Hbond substituents is 1. The van der Waals surface area contributed by atoms with Crippen LogP contribution < -0.4 is 4.74 Å². The lowest BCUT2D eigenvalue weighted by molar-refractivity contribution is 0.243. The number of methoxy groups -OCH3 is 1. The second-order valence-corrected chi connectivity index (χ2v) is 4.98. The molecule has 0 saturated heterocycles. The van der Waals surface area contributed by atoms with Gasteiger partial charge in [0.1, 0.15) is 5.82 Å². The zero-order valence-electron chi connectivity index (χ0n) is 12.4. The molecule has 2 aromatic rings. The summed E-state index contributed by atoms with van der Waals surface area (Å²) in [6.45, 7) is 2.88. The van der Waals surface area contributed by atoms with E-state index in [4.69, 9.17) is 4.74 Å². The van der Waals surface area contributed by atoms with Crippen LogP contribution in [0.15, 0.2) is 30.6 Å². The molecule has 2 rings (SSSR count). The van der Waals surface area contributed by atoms with Gasteiger partial charge in [-0.2, -0.15) is 0 Å². The lowest BCUT2D eigenvalue weighted by Gasteiger charge is -2.25. The van der Waals surface area contributed by atoms with E-state index in [1.54, 1.807) is 19.4 Å². The minimum atomic E-state index is 0.162. The average molecular weight is 275 g/mol. The largest absolute Gasteiger partial charge is 0.504 e. The smallest absolute Gasteiger partial charge is 0.160 e. The molecule has 1 atom stereocenters. The third-order valence-electron chi connectivity index (χ3n) is 3.66. The van der Waals surface area contributed by atoms with Crippen molar-refractivity contribution in [3.63, 3.8) is 0 Å². The Kier molecular flexibility index (Phi) is 4.29. The number of aromatic nitrogens is 2. The van der Waals surface area contributed by atoms with Crippen molar-refractivity contribution < 1.29 is 9.84 Å². The van der Waals surface area contributed by atoms with Crippen molar-refractivity contribution in [2.75, 3.05) is 14.2 Å². The Morgan fingerprint density at radius 1 is 1.45 bits per heavy atom. The zero-order valence-corrected chi connectivity index (χ0v) is 12.4. The molecule has 0 aliphatic heterocycles. The molecule has 20 heavy (non-hydrogen) atoms. The molecule has 0 saturated carbocycles. The molecule has 0 spiro atoms. The van der Waals surface area contributed by atoms with Crippen molar-refractivity contribution in [3.05, 3.63) is 42.0 Å². The molecule has 1 N–H and O–H groups in total. The van der Waals surface area contributed by atoms with E-state index in [1.807, 2.05) is 29.9 Å². The number of benzene rings is 1. The number of rotatable bonds is 5. The van der Waals surface area contributed by atoms with Crippen molar-refractivity contribution in [3.8, 4) is 11.5 Å². The molecule has 0 radical (unpaired) electrons. The van der Waals surface area contributed by atoms with Crippen LogP contribution in [0.1, 0.15) is 24.4 Å². The first-order chi connectivity index (χ1) is 9.52. The summed E-state index contributed by atoms with van der Waals surface area (Å²) in [6.07, 6.45) is 3.74. The van der Waals surface area contributed by atoms with Gasteiger partial charge in [0.25, 0.3) is 0 Å². The lowest BCUT2D eigenvalue weighted by Crippen LogP contribution is -2.23. The number of phenols is 1. The Morgan fingerprint density at radius 3 is 2.80 bits per heavy atom. The number of aromatic hydroxyl groups is 1. The van der Waals surface area contributed by atoms with Crippen LogP contribution in [0, 0.1) is 0 Å². The lowest BCUT2D eigenvalue weighted by atomic mass is 10.1. The van der Waals surface area contributed by atoms with Gasteiger partial charge in [-0.15, -0.1) is 0 Å². The molecule has 1 heterocycles. The van der Waals surface area contributed by atoms with Gasteiger partial charge in [0.2, 0.25) is 0 Å². The zero-order chi connectivity index (χ0) is 14.7. The summed E-state index contributed by atoms with van der Waals surface area (Å²) < 4.78 is 7.17. The van der Waals surface area contributed by atoms with E-state index in [2.05, 4.69) is 23.9 Å². The molecule has 1 aromatic heterocycles. The van der Waals surface area contributed by atoms with Crippen LogP contribution in [-0.4, -0.2) is 33.7 Å². The molecule has 0 fully saturated rings. The van der Waals surface area contributed by atoms with Gasteiger partial charge in [-0.1, -0.05) is 6.07 Å². The maximum atomic E-state index is 9.65. The minimum absolute atomic E-state index is 0.162. The highest BCUT2D eigenvalue weighted by Crippen LogP contribution is 2.30. The van der Waals surface area contributed by atoms with Gasteiger partial charge in [0.15, 0.2) is 11.5 Å². The minimum Gasteiger partial charge on any atom is -0.504 e. The van der Waals surface area contributed by atoms with Gasteiger partial charge in [-0.25, -0.2) is 4.98 Å². The van der Waals surface area contributed by atoms with Gasteiger partial charge in [0, 0.05) is 25.5 Å². The second kappa shape index (κ2) is 5.96. The second-order valence-electron chi connectivity index (χ2n) is 4.98. The van der Waals surface area contributed by atoms with Gasteiger partial charge in [0.05, 0.1) is 13.7 Å². The molecule has 0 aliphatic rings. The average Bonchev–Trinajstić information content (AvgIpc) is 2.84. The third-order valence-corrected chi connectivity index (χ3v) is 3.66. The molecule has 0 bridgehead atoms. The van der Waals surface area contributed by atoms with E-state index in [1.165, 1.54) is 0 Å². The normalized spacial score (nSPS) is 12.7. The first-order valence-electron chi connectivity index (χ1n) is 6.56. The molecule has 108 valence electrons. The van der Waals surface area contributed by atoms with E-state index in [9.17, 15) is 5.11 Å². The van der Waals surface area contributed by atoms with E-state index in [0.717, 1.165) is 17.9 Å². The van der Waals surface area contributed by atoms with Crippen LogP contribution in [-0.2, 0) is 13.6 Å². The SMILES string of the molecule is COc1cc(C(C)N(C)Cc2nccn2C)ccc1O. The quantitative estimate of drug-likeness (QED) is 0.910. The number of nitrogens with zero attached hydrogens (tertiary/aromatic N) is 3. The number of hydrogen-bond donors (Lipinski definition) is 1. The Labute approximate surface area is 119 Å². The predicted octanol–water partition coefficient (Wildman–Crippen LogP) is 2.33. The predicted molar refractivity (Wildman–Crippen MR) is 77.7 cm³/mol. The standard InChI is InChI=1S/C15H21N3O2/c1-11(12-5-6-13(19)14(9-12)20-4)18(3)10-15-16-7-8-17(15)2/h5-9,11,19H,10H2,1-4H3. The van der Waals surface area contributed by atoms with Gasteiger partial charge < -0.3 is 14.4 Å². The Hall–Kier alpha value is -2.01. The Balaban J connectivity index is 2.14. The van der Waals surface area contributed by atoms with Crippen molar-refractivity contribution in [2.24, 2.45) is 7.05 Å². The highest BCUT2D eigenvalue weighted by atomic mass is 16.5. The number of imidazole rings is 1. The summed E-state index contributed by atoms with van der Waals surface area (Å²) in [5.41, 5.74) is 1.09. The molecule has 1 aromatic carbocycles. The van der Waals surface area contributed by atoms with Gasteiger partial charge in [-0.3, -0.25) is 4.90 Å². The van der Waals surface area contributed by atoms with Gasteiger partial charge in [-0.05, 0) is 31.7 Å². The van der Waals surface area contributed by atoms with Crippen LogP contribution in [0.4, 0.5) is 0 Å². The van der Waals surface area contributed by atoms with E-state index in [0.29, 0.717) is 5.75 Å². The van der Waals surface area contributed by atoms with Crippen LogP contribution >= 0.6 is 0 Å². The first kappa shape index (κ1) is 14.4. The number of aryl methyl sites for hydroxylation is 1. The first-order valence-corrected chi connectivity index (χ1v) is 6.56. The fourth-order valence-corrected chi connectivity index (χ4v) is 2.12. The summed E-state index contributed by atoms with van der Waals surface area (Å²) in [5.74, 6) is 1.68. The molecule has 1 unspecified atom stereocenters. The monoisotopic (exact) mass is 275 g/mol. The third kappa shape index (κ3) is 2.93. The molecule has 5 nitrogen and oxygen atoms in total. The number of hydrogen-bond acceptors (Lipinski definition) is 4. The number of ether oxygens (including phenoxy) is 1. The summed E-state index contributed by atoms with van der Waals surface area (Å²) >= 11 is 0. The molecule has 0 amide bonds. The summed E-state index contributed by atoms with van der Waals surface area (Å²) in [5, 5.41) is 9.65. The fraction of sp³-hybridized carbons (Fsp3) is 0.400. The molecular weight excluding hydrogens is 254 g/mol.